The largest absolute Gasteiger partial charge is 0.393 e. The van der Waals surface area contributed by atoms with E-state index in [1.54, 1.807) is 6.92 Å². The third-order valence-electron chi connectivity index (χ3n) is 2.51. The van der Waals surface area contributed by atoms with Crippen molar-refractivity contribution in [3.63, 3.8) is 0 Å². The molecule has 0 heterocycles. The van der Waals surface area contributed by atoms with Crippen LogP contribution >= 0.6 is 0 Å². The fourth-order valence-electron chi connectivity index (χ4n) is 1.58. The van der Waals surface area contributed by atoms with Gasteiger partial charge in [0.1, 0.15) is 5.82 Å². The van der Waals surface area contributed by atoms with Gasteiger partial charge in [0.2, 0.25) is 0 Å². The van der Waals surface area contributed by atoms with Crippen LogP contribution in [0.4, 0.5) is 4.39 Å². The molecule has 0 radical (unpaired) electrons. The quantitative estimate of drug-likeness (QED) is 0.777. The van der Waals surface area contributed by atoms with Crippen molar-refractivity contribution in [1.82, 2.24) is 5.32 Å². The Morgan fingerprint density at radius 1 is 1.25 bits per heavy atom. The first kappa shape index (κ1) is 13.1. The molecule has 2 nitrogen and oxygen atoms in total. The van der Waals surface area contributed by atoms with Crippen LogP contribution in [0.25, 0.3) is 0 Å². The second-order valence-corrected chi connectivity index (χ2v) is 4.32. The van der Waals surface area contributed by atoms with Crippen LogP contribution in [-0.4, -0.2) is 23.8 Å². The van der Waals surface area contributed by atoms with Gasteiger partial charge in [0.15, 0.2) is 0 Å². The third kappa shape index (κ3) is 5.24. The lowest BCUT2D eigenvalue weighted by Gasteiger charge is -2.14. The molecule has 16 heavy (non-hydrogen) atoms. The van der Waals surface area contributed by atoms with E-state index in [1.165, 1.54) is 12.1 Å². The summed E-state index contributed by atoms with van der Waals surface area (Å²) in [5.41, 5.74) is 1.12. The number of nitrogens with one attached hydrogen (secondary N) is 1. The molecule has 0 amide bonds. The van der Waals surface area contributed by atoms with Gasteiger partial charge in [0.25, 0.3) is 0 Å². The van der Waals surface area contributed by atoms with Gasteiger partial charge in [-0.05, 0) is 50.9 Å². The van der Waals surface area contributed by atoms with Crippen LogP contribution in [0, 0.1) is 5.82 Å². The van der Waals surface area contributed by atoms with Crippen LogP contribution in [0.15, 0.2) is 24.3 Å². The highest BCUT2D eigenvalue weighted by molar-refractivity contribution is 5.16. The smallest absolute Gasteiger partial charge is 0.123 e. The predicted octanol–water partition coefficient (Wildman–Crippen LogP) is 2.12. The Hall–Kier alpha value is -0.930. The van der Waals surface area contributed by atoms with E-state index in [4.69, 9.17) is 5.11 Å². The molecule has 1 rings (SSSR count). The van der Waals surface area contributed by atoms with Crippen molar-refractivity contribution in [1.29, 1.82) is 0 Å². The Labute approximate surface area is 96.5 Å². The van der Waals surface area contributed by atoms with E-state index in [2.05, 4.69) is 12.2 Å². The molecule has 0 aliphatic heterocycles. The fraction of sp³-hybridized carbons (Fsp3) is 0.538. The Morgan fingerprint density at radius 3 is 2.44 bits per heavy atom. The minimum absolute atomic E-state index is 0.196. The normalized spacial score (nSPS) is 14.8. The number of benzene rings is 1. The number of hydrogen-bond acceptors (Lipinski definition) is 2. The molecule has 0 aliphatic rings. The molecule has 3 heteroatoms. The van der Waals surface area contributed by atoms with Gasteiger partial charge in [0.05, 0.1) is 6.10 Å². The molecule has 1 aromatic rings. The van der Waals surface area contributed by atoms with Crippen molar-refractivity contribution in [3.8, 4) is 0 Å². The van der Waals surface area contributed by atoms with E-state index in [1.807, 2.05) is 12.1 Å². The van der Waals surface area contributed by atoms with Crippen LogP contribution in [0.1, 0.15) is 25.8 Å². The second kappa shape index (κ2) is 6.61. The maximum atomic E-state index is 12.7. The average molecular weight is 225 g/mol. The first-order valence-electron chi connectivity index (χ1n) is 5.74. The maximum absolute atomic E-state index is 12.7. The van der Waals surface area contributed by atoms with E-state index in [0.29, 0.717) is 6.04 Å². The molecule has 2 atom stereocenters. The highest BCUT2D eigenvalue weighted by atomic mass is 19.1. The summed E-state index contributed by atoms with van der Waals surface area (Å²) in [4.78, 5) is 0. The number of hydrogen-bond donors (Lipinski definition) is 2. The molecule has 0 saturated carbocycles. The van der Waals surface area contributed by atoms with Crippen molar-refractivity contribution in [2.24, 2.45) is 0 Å². The predicted molar refractivity (Wildman–Crippen MR) is 63.9 cm³/mol. The highest BCUT2D eigenvalue weighted by Crippen LogP contribution is 2.05. The summed E-state index contributed by atoms with van der Waals surface area (Å²) in [6.07, 6.45) is 1.37. The van der Waals surface area contributed by atoms with Crippen molar-refractivity contribution >= 4 is 0 Å². The third-order valence-corrected chi connectivity index (χ3v) is 2.51. The van der Waals surface area contributed by atoms with Gasteiger partial charge in [0, 0.05) is 6.04 Å². The molecular formula is C13H20FNO. The summed E-state index contributed by atoms with van der Waals surface area (Å²) in [5.74, 6) is -0.196. The summed E-state index contributed by atoms with van der Waals surface area (Å²) < 4.78 is 12.7. The summed E-state index contributed by atoms with van der Waals surface area (Å²) in [5, 5.41) is 12.4. The van der Waals surface area contributed by atoms with Gasteiger partial charge in [-0.25, -0.2) is 4.39 Å². The molecular weight excluding hydrogens is 205 g/mol. The number of rotatable bonds is 6. The summed E-state index contributed by atoms with van der Waals surface area (Å²) >= 11 is 0. The topological polar surface area (TPSA) is 32.3 Å². The van der Waals surface area contributed by atoms with Crippen LogP contribution in [-0.2, 0) is 6.42 Å². The summed E-state index contributed by atoms with van der Waals surface area (Å²) in [6, 6.07) is 6.92. The highest BCUT2D eigenvalue weighted by Gasteiger charge is 2.03. The molecule has 0 saturated heterocycles. The van der Waals surface area contributed by atoms with Gasteiger partial charge >= 0.3 is 0 Å². The zero-order chi connectivity index (χ0) is 12.0. The summed E-state index contributed by atoms with van der Waals surface area (Å²) in [7, 11) is 0. The van der Waals surface area contributed by atoms with Crippen molar-refractivity contribution in [2.45, 2.75) is 38.8 Å². The van der Waals surface area contributed by atoms with Gasteiger partial charge < -0.3 is 10.4 Å². The lowest BCUT2D eigenvalue weighted by molar-refractivity contribution is 0.182. The number of halogens is 1. The van der Waals surface area contributed by atoms with E-state index in [0.717, 1.165) is 24.9 Å². The van der Waals surface area contributed by atoms with E-state index in [9.17, 15) is 4.39 Å². The van der Waals surface area contributed by atoms with Crippen molar-refractivity contribution < 1.29 is 9.50 Å². The van der Waals surface area contributed by atoms with Crippen molar-refractivity contribution in [3.05, 3.63) is 35.6 Å². The van der Waals surface area contributed by atoms with Gasteiger partial charge in [-0.15, -0.1) is 0 Å². The fourth-order valence-corrected chi connectivity index (χ4v) is 1.58. The molecule has 0 bridgehead atoms. The second-order valence-electron chi connectivity index (χ2n) is 4.32. The monoisotopic (exact) mass is 225 g/mol. The molecule has 0 aromatic heterocycles. The molecule has 0 spiro atoms. The van der Waals surface area contributed by atoms with E-state index in [-0.39, 0.29) is 11.9 Å². The van der Waals surface area contributed by atoms with Crippen LogP contribution < -0.4 is 5.32 Å². The van der Waals surface area contributed by atoms with E-state index < -0.39 is 0 Å². The van der Waals surface area contributed by atoms with Crippen LogP contribution in [0.5, 0.6) is 0 Å². The Balaban J connectivity index is 2.28. The molecule has 1 aromatic carbocycles. The standard InChI is InChI=1S/C13H20FNO/c1-10(15-8-7-11(2)16)9-12-3-5-13(14)6-4-12/h3-6,10-11,15-16H,7-9H2,1-2H3. The molecule has 90 valence electrons. The first-order chi connectivity index (χ1) is 7.58. The SMILES string of the molecule is CC(O)CCNC(C)Cc1ccc(F)cc1. The van der Waals surface area contributed by atoms with Gasteiger partial charge in [-0.3, -0.25) is 0 Å². The molecule has 0 aliphatic carbocycles. The number of aliphatic hydroxyl groups excluding tert-OH is 1. The lowest BCUT2D eigenvalue weighted by Crippen LogP contribution is -2.30. The lowest BCUT2D eigenvalue weighted by atomic mass is 10.1. The van der Waals surface area contributed by atoms with Gasteiger partial charge in [-0.1, -0.05) is 12.1 Å². The zero-order valence-electron chi connectivity index (χ0n) is 9.91. The zero-order valence-corrected chi connectivity index (χ0v) is 9.91. The van der Waals surface area contributed by atoms with Crippen LogP contribution in [0.3, 0.4) is 0 Å². The molecule has 2 unspecified atom stereocenters. The minimum atomic E-state index is -0.259. The summed E-state index contributed by atoms with van der Waals surface area (Å²) in [6.45, 7) is 4.68. The maximum Gasteiger partial charge on any atom is 0.123 e. The Bertz CT molecular complexity index is 297. The minimum Gasteiger partial charge on any atom is -0.393 e. The molecule has 0 fully saturated rings. The van der Waals surface area contributed by atoms with Crippen molar-refractivity contribution in [2.75, 3.05) is 6.54 Å². The Kier molecular flexibility index (Phi) is 5.43. The van der Waals surface area contributed by atoms with Crippen LogP contribution in [0.2, 0.25) is 0 Å². The number of aliphatic hydroxyl groups is 1. The molecule has 2 N–H and O–H groups in total. The van der Waals surface area contributed by atoms with Gasteiger partial charge in [-0.2, -0.15) is 0 Å². The Morgan fingerprint density at radius 2 is 1.88 bits per heavy atom. The van der Waals surface area contributed by atoms with E-state index >= 15 is 0 Å². The first-order valence-corrected chi connectivity index (χ1v) is 5.74. The average Bonchev–Trinajstić information content (AvgIpc) is 2.21.